The van der Waals surface area contributed by atoms with Crippen LogP contribution in [0.5, 0.6) is 0 Å². The van der Waals surface area contributed by atoms with Gasteiger partial charge in [-0.15, -0.1) is 0 Å². The predicted molar refractivity (Wildman–Crippen MR) is 58.9 cm³/mol. The normalized spacial score (nSPS) is 13.3. The summed E-state index contributed by atoms with van der Waals surface area (Å²) in [5, 5.41) is 0. The average molecular weight is 244 g/mol. The summed E-state index contributed by atoms with van der Waals surface area (Å²) in [7, 11) is 0. The Morgan fingerprint density at radius 1 is 1.47 bits per heavy atom. The van der Waals surface area contributed by atoms with Crippen molar-refractivity contribution >= 4 is 11.6 Å². The van der Waals surface area contributed by atoms with Crippen molar-refractivity contribution in [2.75, 3.05) is 5.73 Å². The standard InChI is InChI=1S/C11H11F3N2O/c1-3-8(9-6-16-10(15)17-9)5-4-7(2)11(12,13)14/h3-6H,2H2,1H3,(H2,15,16)/b5-4-,8-3+. The molecule has 1 aromatic heterocycles. The van der Waals surface area contributed by atoms with Crippen LogP contribution in [-0.4, -0.2) is 11.2 Å². The van der Waals surface area contributed by atoms with E-state index < -0.39 is 11.7 Å². The minimum atomic E-state index is -4.43. The zero-order valence-corrected chi connectivity index (χ0v) is 9.08. The fourth-order valence-electron chi connectivity index (χ4n) is 1.03. The first-order chi connectivity index (χ1) is 7.84. The molecule has 0 fully saturated rings. The van der Waals surface area contributed by atoms with E-state index in [9.17, 15) is 13.2 Å². The molecule has 17 heavy (non-hydrogen) atoms. The van der Waals surface area contributed by atoms with E-state index in [0.717, 1.165) is 6.08 Å². The van der Waals surface area contributed by atoms with E-state index in [2.05, 4.69) is 11.6 Å². The molecule has 0 spiro atoms. The van der Waals surface area contributed by atoms with Crippen molar-refractivity contribution in [1.29, 1.82) is 0 Å². The first-order valence-corrected chi connectivity index (χ1v) is 4.66. The smallest absolute Gasteiger partial charge is 0.415 e. The highest BCUT2D eigenvalue weighted by atomic mass is 19.4. The van der Waals surface area contributed by atoms with E-state index in [0.29, 0.717) is 11.3 Å². The van der Waals surface area contributed by atoms with Crippen LogP contribution in [0.1, 0.15) is 12.7 Å². The molecule has 0 radical (unpaired) electrons. The maximum Gasteiger partial charge on any atom is 0.415 e. The second-order valence-corrected chi connectivity index (χ2v) is 3.16. The van der Waals surface area contributed by atoms with E-state index in [1.807, 2.05) is 0 Å². The Labute approximate surface area is 96.1 Å². The fraction of sp³-hybridized carbons (Fsp3) is 0.182. The molecule has 0 saturated carbocycles. The minimum absolute atomic E-state index is 0.0394. The molecule has 0 aliphatic rings. The molecular weight excluding hydrogens is 233 g/mol. The molecule has 0 saturated heterocycles. The third kappa shape index (κ3) is 3.51. The van der Waals surface area contributed by atoms with Gasteiger partial charge in [-0.25, -0.2) is 4.98 Å². The number of nitrogens with zero attached hydrogens (tertiary/aromatic N) is 1. The summed E-state index contributed by atoms with van der Waals surface area (Å²) in [5.41, 5.74) is 4.77. The molecule has 2 N–H and O–H groups in total. The maximum atomic E-state index is 12.2. The SMILES string of the molecule is C=C(/C=C\C(=C/C)c1cnc(N)o1)C(F)(F)F. The highest BCUT2D eigenvalue weighted by Gasteiger charge is 2.29. The van der Waals surface area contributed by atoms with Crippen LogP contribution in [0.3, 0.4) is 0 Å². The van der Waals surface area contributed by atoms with Crippen molar-refractivity contribution in [1.82, 2.24) is 4.98 Å². The number of nitrogens with two attached hydrogens (primary N) is 1. The summed E-state index contributed by atoms with van der Waals surface area (Å²) >= 11 is 0. The molecule has 1 heterocycles. The van der Waals surface area contributed by atoms with Crippen LogP contribution in [0.4, 0.5) is 19.2 Å². The van der Waals surface area contributed by atoms with E-state index in [1.165, 1.54) is 12.3 Å². The summed E-state index contributed by atoms with van der Waals surface area (Å²) in [4.78, 5) is 3.65. The van der Waals surface area contributed by atoms with Gasteiger partial charge >= 0.3 is 6.18 Å². The summed E-state index contributed by atoms with van der Waals surface area (Å²) in [6, 6.07) is -0.0394. The van der Waals surface area contributed by atoms with Gasteiger partial charge in [0.05, 0.1) is 6.20 Å². The van der Waals surface area contributed by atoms with Gasteiger partial charge in [-0.2, -0.15) is 13.2 Å². The van der Waals surface area contributed by atoms with Crippen LogP contribution in [0.15, 0.2) is 41.0 Å². The number of allylic oxidation sites excluding steroid dienone is 5. The lowest BCUT2D eigenvalue weighted by Gasteiger charge is -2.04. The third-order valence-corrected chi connectivity index (χ3v) is 1.95. The molecule has 3 nitrogen and oxygen atoms in total. The number of oxazole rings is 1. The van der Waals surface area contributed by atoms with Crippen LogP contribution < -0.4 is 5.73 Å². The van der Waals surface area contributed by atoms with Crippen molar-refractivity contribution < 1.29 is 17.6 Å². The van der Waals surface area contributed by atoms with Gasteiger partial charge in [0.25, 0.3) is 6.01 Å². The van der Waals surface area contributed by atoms with Gasteiger partial charge in [-0.05, 0) is 13.0 Å². The molecule has 6 heteroatoms. The second-order valence-electron chi connectivity index (χ2n) is 3.16. The highest BCUT2D eigenvalue weighted by molar-refractivity contribution is 5.71. The first-order valence-electron chi connectivity index (χ1n) is 4.66. The van der Waals surface area contributed by atoms with Crippen molar-refractivity contribution in [3.63, 3.8) is 0 Å². The summed E-state index contributed by atoms with van der Waals surface area (Å²) < 4.78 is 41.5. The fourth-order valence-corrected chi connectivity index (χ4v) is 1.03. The van der Waals surface area contributed by atoms with Crippen LogP contribution in [0, 0.1) is 0 Å². The Balaban J connectivity index is 2.86. The molecule has 0 amide bonds. The molecule has 1 rings (SSSR count). The monoisotopic (exact) mass is 244 g/mol. The largest absolute Gasteiger partial charge is 0.424 e. The molecule has 0 bridgehead atoms. The second kappa shape index (κ2) is 4.90. The minimum Gasteiger partial charge on any atom is -0.424 e. The van der Waals surface area contributed by atoms with Crippen LogP contribution in [0.25, 0.3) is 5.57 Å². The number of aromatic nitrogens is 1. The van der Waals surface area contributed by atoms with Crippen LogP contribution in [0.2, 0.25) is 0 Å². The maximum absolute atomic E-state index is 12.2. The zero-order valence-electron chi connectivity index (χ0n) is 9.08. The highest BCUT2D eigenvalue weighted by Crippen LogP contribution is 2.26. The van der Waals surface area contributed by atoms with Crippen molar-refractivity contribution in [2.24, 2.45) is 0 Å². The van der Waals surface area contributed by atoms with Crippen molar-refractivity contribution in [3.05, 3.63) is 42.3 Å². The Kier molecular flexibility index (Phi) is 3.77. The number of hydrogen-bond donors (Lipinski definition) is 1. The number of nitrogen functional groups attached to an aromatic ring is 1. The number of rotatable bonds is 3. The molecule has 0 unspecified atom stereocenters. The lowest BCUT2D eigenvalue weighted by atomic mass is 10.1. The quantitative estimate of drug-likeness (QED) is 0.829. The van der Waals surface area contributed by atoms with Crippen molar-refractivity contribution in [3.8, 4) is 0 Å². The number of alkyl halides is 3. The Bertz CT molecular complexity index is 469. The van der Waals surface area contributed by atoms with Gasteiger partial charge in [-0.3, -0.25) is 0 Å². The van der Waals surface area contributed by atoms with Gasteiger partial charge < -0.3 is 10.2 Å². The molecular formula is C11H11F3N2O. The number of anilines is 1. The summed E-state index contributed by atoms with van der Waals surface area (Å²) in [6.45, 7) is 4.58. The number of hydrogen-bond acceptors (Lipinski definition) is 3. The molecule has 0 aliphatic heterocycles. The third-order valence-electron chi connectivity index (χ3n) is 1.95. The first kappa shape index (κ1) is 13.1. The van der Waals surface area contributed by atoms with Gasteiger partial charge in [-0.1, -0.05) is 18.7 Å². The van der Waals surface area contributed by atoms with Gasteiger partial charge in [0.15, 0.2) is 5.76 Å². The molecule has 0 aliphatic carbocycles. The predicted octanol–water partition coefficient (Wildman–Crippen LogP) is 3.33. The summed E-state index contributed by atoms with van der Waals surface area (Å²) in [5.74, 6) is 0.302. The zero-order chi connectivity index (χ0) is 13.1. The van der Waals surface area contributed by atoms with Crippen molar-refractivity contribution in [2.45, 2.75) is 13.1 Å². The topological polar surface area (TPSA) is 52.0 Å². The Morgan fingerprint density at radius 2 is 2.12 bits per heavy atom. The molecule has 0 atom stereocenters. The van der Waals surface area contributed by atoms with E-state index >= 15 is 0 Å². The van der Waals surface area contributed by atoms with E-state index in [-0.39, 0.29) is 6.01 Å². The molecule has 92 valence electrons. The lowest BCUT2D eigenvalue weighted by molar-refractivity contribution is -0.0878. The Hall–Kier alpha value is -1.98. The number of halogens is 3. The van der Waals surface area contributed by atoms with Crippen LogP contribution >= 0.6 is 0 Å². The van der Waals surface area contributed by atoms with Crippen LogP contribution in [-0.2, 0) is 0 Å². The van der Waals surface area contributed by atoms with Gasteiger partial charge in [0.1, 0.15) is 0 Å². The van der Waals surface area contributed by atoms with Gasteiger partial charge in [0, 0.05) is 11.1 Å². The average Bonchev–Trinajstić information content (AvgIpc) is 2.64. The molecule has 0 aromatic carbocycles. The Morgan fingerprint density at radius 3 is 2.53 bits per heavy atom. The van der Waals surface area contributed by atoms with E-state index in [1.54, 1.807) is 13.0 Å². The lowest BCUT2D eigenvalue weighted by Crippen LogP contribution is -2.08. The van der Waals surface area contributed by atoms with Gasteiger partial charge in [0.2, 0.25) is 0 Å². The summed E-state index contributed by atoms with van der Waals surface area (Å²) in [6.07, 6.45) is 0.602. The molecule has 1 aromatic rings. The van der Waals surface area contributed by atoms with E-state index in [4.69, 9.17) is 10.2 Å².